The van der Waals surface area contributed by atoms with Gasteiger partial charge in [0.2, 0.25) is 5.91 Å². The molecule has 0 aliphatic carbocycles. The first-order chi connectivity index (χ1) is 12.3. The minimum Gasteiger partial charge on any atom is -0.358 e. The van der Waals surface area contributed by atoms with E-state index in [0.29, 0.717) is 11.5 Å². The minimum atomic E-state index is -0.232. The number of H-pyrrole nitrogens is 1. The lowest BCUT2D eigenvalue weighted by molar-refractivity contribution is -0.128. The Balaban J connectivity index is 1.34. The molecule has 1 atom stereocenters. The van der Waals surface area contributed by atoms with Crippen molar-refractivity contribution in [3.8, 4) is 0 Å². The van der Waals surface area contributed by atoms with Crippen LogP contribution in [0.3, 0.4) is 0 Å². The summed E-state index contributed by atoms with van der Waals surface area (Å²) in [6.07, 6.45) is 5.90. The van der Waals surface area contributed by atoms with Crippen molar-refractivity contribution >= 4 is 22.8 Å². The first kappa shape index (κ1) is 15.6. The van der Waals surface area contributed by atoms with Crippen molar-refractivity contribution in [3.63, 3.8) is 0 Å². The molecule has 1 saturated heterocycles. The second-order valence-corrected chi connectivity index (χ2v) is 6.25. The summed E-state index contributed by atoms with van der Waals surface area (Å²) in [5.41, 5.74) is 1.98. The van der Waals surface area contributed by atoms with Gasteiger partial charge in [-0.2, -0.15) is 5.10 Å². The number of likely N-dealkylation sites (tertiary alicyclic amines) is 1. The summed E-state index contributed by atoms with van der Waals surface area (Å²) in [5.74, 6) is 0.798. The van der Waals surface area contributed by atoms with E-state index in [0.717, 1.165) is 37.7 Å². The molecule has 2 N–H and O–H groups in total. The lowest BCUT2D eigenvalue weighted by Crippen LogP contribution is -2.34. The molecule has 1 aromatic carbocycles. The zero-order valence-corrected chi connectivity index (χ0v) is 13.9. The lowest BCUT2D eigenvalue weighted by atomic mass is 10.1. The van der Waals surface area contributed by atoms with Gasteiger partial charge in [0.15, 0.2) is 5.65 Å². The summed E-state index contributed by atoms with van der Waals surface area (Å²) in [4.78, 5) is 22.9. The van der Waals surface area contributed by atoms with Crippen LogP contribution in [0.5, 0.6) is 0 Å². The fourth-order valence-electron chi connectivity index (χ4n) is 3.26. The molecule has 1 fully saturated rings. The number of nitrogens with zero attached hydrogens (tertiary/aromatic N) is 4. The Labute approximate surface area is 145 Å². The van der Waals surface area contributed by atoms with Crippen LogP contribution in [0, 0.1) is 0 Å². The van der Waals surface area contributed by atoms with E-state index in [9.17, 15) is 4.79 Å². The van der Waals surface area contributed by atoms with E-state index in [2.05, 4.69) is 49.7 Å². The number of carbonyl (C=O) groups excluding carboxylic acids is 1. The molecule has 7 nitrogen and oxygen atoms in total. The number of aryl methyl sites for hydroxylation is 1. The number of fused-ring (bicyclic) bond motifs is 1. The molecule has 2 aromatic heterocycles. The summed E-state index contributed by atoms with van der Waals surface area (Å²) in [6.45, 7) is 1.57. The van der Waals surface area contributed by atoms with Gasteiger partial charge in [0.1, 0.15) is 18.2 Å². The van der Waals surface area contributed by atoms with Crippen LogP contribution in [-0.2, 0) is 11.2 Å². The van der Waals surface area contributed by atoms with Gasteiger partial charge in [-0.15, -0.1) is 0 Å². The normalized spacial score (nSPS) is 17.4. The number of aromatic amines is 1. The second-order valence-electron chi connectivity index (χ2n) is 6.25. The molecule has 0 radical (unpaired) electrons. The fraction of sp³-hybridized carbons (Fsp3) is 0.333. The third-order valence-electron chi connectivity index (χ3n) is 4.59. The highest BCUT2D eigenvalue weighted by molar-refractivity contribution is 5.91. The largest absolute Gasteiger partial charge is 0.358 e. The van der Waals surface area contributed by atoms with Gasteiger partial charge in [-0.05, 0) is 24.8 Å². The second kappa shape index (κ2) is 6.88. The smallest absolute Gasteiger partial charge is 0.245 e. The van der Waals surface area contributed by atoms with Gasteiger partial charge >= 0.3 is 0 Å². The summed E-state index contributed by atoms with van der Waals surface area (Å²) in [6, 6.07) is 10.1. The van der Waals surface area contributed by atoms with Gasteiger partial charge in [0.05, 0.1) is 11.6 Å². The van der Waals surface area contributed by atoms with E-state index in [1.165, 1.54) is 11.9 Å². The van der Waals surface area contributed by atoms with E-state index in [1.807, 2.05) is 11.0 Å². The van der Waals surface area contributed by atoms with Crippen molar-refractivity contribution in [2.75, 3.05) is 18.4 Å². The van der Waals surface area contributed by atoms with Crippen LogP contribution in [0.2, 0.25) is 0 Å². The number of hydrogen-bond acceptors (Lipinski definition) is 5. The van der Waals surface area contributed by atoms with Crippen LogP contribution >= 0.6 is 0 Å². The number of nitrogens with one attached hydrogen (secondary N) is 2. The number of anilines is 1. The molecular weight excluding hydrogens is 316 g/mol. The predicted octanol–water partition coefficient (Wildman–Crippen LogP) is 2.00. The molecule has 4 rings (SSSR count). The van der Waals surface area contributed by atoms with Crippen LogP contribution in [0.15, 0.2) is 42.9 Å². The molecule has 3 heterocycles. The summed E-state index contributed by atoms with van der Waals surface area (Å²) in [5, 5.41) is 10.8. The van der Waals surface area contributed by atoms with Crippen molar-refractivity contribution in [1.29, 1.82) is 0 Å². The molecule has 7 heteroatoms. The first-order valence-corrected chi connectivity index (χ1v) is 8.54. The van der Waals surface area contributed by atoms with Crippen molar-refractivity contribution in [3.05, 3.63) is 48.4 Å². The Bertz CT molecular complexity index is 862. The first-order valence-electron chi connectivity index (χ1n) is 8.54. The Morgan fingerprint density at radius 3 is 3.00 bits per heavy atom. The Hall–Kier alpha value is -2.96. The van der Waals surface area contributed by atoms with Crippen molar-refractivity contribution in [2.45, 2.75) is 25.3 Å². The number of benzene rings is 1. The van der Waals surface area contributed by atoms with E-state index in [1.54, 1.807) is 6.20 Å². The number of aromatic nitrogens is 4. The summed E-state index contributed by atoms with van der Waals surface area (Å²) >= 11 is 0. The van der Waals surface area contributed by atoms with Crippen LogP contribution in [0.4, 0.5) is 5.82 Å². The average molecular weight is 336 g/mol. The number of rotatable bonds is 6. The highest BCUT2D eigenvalue weighted by Crippen LogP contribution is 2.21. The molecule has 1 aliphatic heterocycles. The maximum atomic E-state index is 12.6. The van der Waals surface area contributed by atoms with Gasteiger partial charge in [-0.25, -0.2) is 9.97 Å². The van der Waals surface area contributed by atoms with E-state index < -0.39 is 0 Å². The highest BCUT2D eigenvalue weighted by Gasteiger charge is 2.31. The molecule has 0 bridgehead atoms. The van der Waals surface area contributed by atoms with Gasteiger partial charge in [0.25, 0.3) is 0 Å². The molecule has 0 saturated carbocycles. The molecule has 25 heavy (non-hydrogen) atoms. The zero-order valence-electron chi connectivity index (χ0n) is 13.9. The van der Waals surface area contributed by atoms with Gasteiger partial charge in [0, 0.05) is 13.1 Å². The van der Waals surface area contributed by atoms with Crippen LogP contribution in [0.25, 0.3) is 11.0 Å². The van der Waals surface area contributed by atoms with Crippen LogP contribution in [-0.4, -0.2) is 50.1 Å². The predicted molar refractivity (Wildman–Crippen MR) is 95.1 cm³/mol. The molecule has 1 amide bonds. The SMILES string of the molecule is O=C1C(Nc2ncnc3[nH]ncc23)CCN1CCCc1ccccc1. The number of hydrogen-bond donors (Lipinski definition) is 2. The Morgan fingerprint density at radius 1 is 1.24 bits per heavy atom. The standard InChI is InChI=1S/C18H20N6O/c25-18-15(22-16-14-11-21-23-17(14)20-12-19-16)8-10-24(18)9-4-7-13-5-2-1-3-6-13/h1-3,5-6,11-12,15H,4,7-10H2,(H2,19,20,21,22,23). The van der Waals surface area contributed by atoms with Crippen molar-refractivity contribution in [1.82, 2.24) is 25.1 Å². The van der Waals surface area contributed by atoms with Gasteiger partial charge in [-0.3, -0.25) is 9.89 Å². The quantitative estimate of drug-likeness (QED) is 0.719. The average Bonchev–Trinajstić information content (AvgIpc) is 3.25. The lowest BCUT2D eigenvalue weighted by Gasteiger charge is -2.17. The number of amides is 1. The van der Waals surface area contributed by atoms with E-state index >= 15 is 0 Å². The molecule has 1 aliphatic rings. The maximum Gasteiger partial charge on any atom is 0.245 e. The molecule has 3 aromatic rings. The van der Waals surface area contributed by atoms with Gasteiger partial charge in [-0.1, -0.05) is 30.3 Å². The third-order valence-corrected chi connectivity index (χ3v) is 4.59. The summed E-state index contributed by atoms with van der Waals surface area (Å²) < 4.78 is 0. The maximum absolute atomic E-state index is 12.6. The number of carbonyl (C=O) groups is 1. The molecule has 1 unspecified atom stereocenters. The molecule has 0 spiro atoms. The fourth-order valence-corrected chi connectivity index (χ4v) is 3.26. The van der Waals surface area contributed by atoms with E-state index in [4.69, 9.17) is 0 Å². The van der Waals surface area contributed by atoms with E-state index in [-0.39, 0.29) is 11.9 Å². The molecule has 128 valence electrons. The Morgan fingerprint density at radius 2 is 2.12 bits per heavy atom. The van der Waals surface area contributed by atoms with Gasteiger partial charge < -0.3 is 10.2 Å². The monoisotopic (exact) mass is 336 g/mol. The highest BCUT2D eigenvalue weighted by atomic mass is 16.2. The third kappa shape index (κ3) is 3.31. The zero-order chi connectivity index (χ0) is 17.1. The topological polar surface area (TPSA) is 86.8 Å². The minimum absolute atomic E-state index is 0.142. The Kier molecular flexibility index (Phi) is 4.28. The molecular formula is C18H20N6O. The van der Waals surface area contributed by atoms with Crippen molar-refractivity contribution < 1.29 is 4.79 Å². The van der Waals surface area contributed by atoms with Crippen molar-refractivity contribution in [2.24, 2.45) is 0 Å². The van der Waals surface area contributed by atoms with Crippen LogP contribution < -0.4 is 5.32 Å². The van der Waals surface area contributed by atoms with Crippen LogP contribution in [0.1, 0.15) is 18.4 Å². The summed E-state index contributed by atoms with van der Waals surface area (Å²) in [7, 11) is 0.